The molecule has 7 nitrogen and oxygen atoms in total. The van der Waals surface area contributed by atoms with Gasteiger partial charge in [-0.3, -0.25) is 10.1 Å². The van der Waals surface area contributed by atoms with Gasteiger partial charge in [-0.15, -0.1) is 0 Å². The highest BCUT2D eigenvalue weighted by Gasteiger charge is 2.61. The molecule has 2 aromatic rings. The Morgan fingerprint density at radius 1 is 1.00 bits per heavy atom. The van der Waals surface area contributed by atoms with Crippen LogP contribution >= 0.6 is 0 Å². The smallest absolute Gasteiger partial charge is 0.234 e. The highest BCUT2D eigenvalue weighted by atomic mass is 16.6. The van der Waals surface area contributed by atoms with Gasteiger partial charge < -0.3 is 5.73 Å². The summed E-state index contributed by atoms with van der Waals surface area (Å²) in [6.45, 7) is 3.67. The molecule has 0 fully saturated rings. The predicted octanol–water partition coefficient (Wildman–Crippen LogP) is 3.60. The van der Waals surface area contributed by atoms with E-state index in [2.05, 4.69) is 0 Å². The molecule has 0 saturated heterocycles. The third-order valence-corrected chi connectivity index (χ3v) is 5.69. The van der Waals surface area contributed by atoms with Crippen molar-refractivity contribution in [3.8, 4) is 18.2 Å². The lowest BCUT2D eigenvalue weighted by molar-refractivity contribution is -0.532. The van der Waals surface area contributed by atoms with E-state index in [1.54, 1.807) is 36.4 Å². The topological polar surface area (TPSA) is 141 Å². The van der Waals surface area contributed by atoms with Crippen LogP contribution in [0.5, 0.6) is 0 Å². The third-order valence-electron chi connectivity index (χ3n) is 5.69. The minimum absolute atomic E-state index is 0.102. The molecule has 1 aliphatic rings. The fourth-order valence-corrected chi connectivity index (χ4v) is 4.36. The summed E-state index contributed by atoms with van der Waals surface area (Å²) >= 11 is 0. The number of allylic oxidation sites excluding steroid dienone is 1. The lowest BCUT2D eigenvalue weighted by Gasteiger charge is -2.40. The Morgan fingerprint density at radius 3 is 2.00 bits per heavy atom. The van der Waals surface area contributed by atoms with Crippen LogP contribution in [0, 0.1) is 63.4 Å². The van der Waals surface area contributed by atoms with E-state index in [-0.39, 0.29) is 11.3 Å². The Bertz CT molecular complexity index is 1170. The number of benzene rings is 2. The average molecular weight is 397 g/mol. The molecule has 7 heteroatoms. The lowest BCUT2D eigenvalue weighted by atomic mass is 9.58. The summed E-state index contributed by atoms with van der Waals surface area (Å²) in [5.74, 6) is -2.13. The van der Waals surface area contributed by atoms with Gasteiger partial charge >= 0.3 is 0 Å². The Morgan fingerprint density at radius 2 is 1.53 bits per heavy atom. The van der Waals surface area contributed by atoms with Crippen molar-refractivity contribution in [2.75, 3.05) is 0 Å². The second-order valence-corrected chi connectivity index (χ2v) is 7.53. The SMILES string of the molecule is Cc1cccc([C@H]2C(C#N)=C(N)C(C#N)(C#N)[C@H](c3cccc(C)c3)[C@H]2[N+](=O)[O-])c1. The van der Waals surface area contributed by atoms with E-state index < -0.39 is 28.2 Å². The van der Waals surface area contributed by atoms with Gasteiger partial charge in [-0.25, -0.2) is 0 Å². The molecular weight excluding hydrogens is 378 g/mol. The number of hydrogen-bond donors (Lipinski definition) is 1. The molecule has 0 amide bonds. The van der Waals surface area contributed by atoms with Crippen LogP contribution in [0.15, 0.2) is 59.8 Å². The van der Waals surface area contributed by atoms with E-state index in [1.165, 1.54) is 0 Å². The fraction of sp³-hybridized carbons (Fsp3) is 0.261. The van der Waals surface area contributed by atoms with Gasteiger partial charge in [0.2, 0.25) is 6.04 Å². The van der Waals surface area contributed by atoms with Crippen LogP contribution in [-0.4, -0.2) is 11.0 Å². The molecule has 0 saturated carbocycles. The summed E-state index contributed by atoms with van der Waals surface area (Å²) in [7, 11) is 0. The zero-order valence-corrected chi connectivity index (χ0v) is 16.5. The van der Waals surface area contributed by atoms with Crippen molar-refractivity contribution in [1.82, 2.24) is 0 Å². The summed E-state index contributed by atoms with van der Waals surface area (Å²) in [4.78, 5) is 11.9. The van der Waals surface area contributed by atoms with Gasteiger partial charge in [-0.1, -0.05) is 59.7 Å². The van der Waals surface area contributed by atoms with Crippen LogP contribution < -0.4 is 5.73 Å². The molecule has 0 aliphatic heterocycles. The maximum absolute atomic E-state index is 12.4. The zero-order chi connectivity index (χ0) is 22.1. The van der Waals surface area contributed by atoms with Crippen molar-refractivity contribution < 1.29 is 4.92 Å². The van der Waals surface area contributed by atoms with E-state index in [0.717, 1.165) is 11.1 Å². The first-order valence-corrected chi connectivity index (χ1v) is 9.30. The molecule has 0 spiro atoms. The van der Waals surface area contributed by atoms with Crippen molar-refractivity contribution >= 4 is 0 Å². The third kappa shape index (κ3) is 3.05. The Hall–Kier alpha value is -4.15. The molecule has 3 atom stereocenters. The first kappa shape index (κ1) is 20.6. The lowest BCUT2D eigenvalue weighted by Crippen LogP contribution is -2.50. The molecule has 0 aromatic heterocycles. The van der Waals surface area contributed by atoms with Crippen LogP contribution in [0.4, 0.5) is 0 Å². The molecule has 2 N–H and O–H groups in total. The Kier molecular flexibility index (Phi) is 5.28. The monoisotopic (exact) mass is 397 g/mol. The highest BCUT2D eigenvalue weighted by molar-refractivity contribution is 5.55. The second-order valence-electron chi connectivity index (χ2n) is 7.53. The minimum Gasteiger partial charge on any atom is -0.399 e. The van der Waals surface area contributed by atoms with Crippen molar-refractivity contribution in [3.05, 3.63) is 92.2 Å². The van der Waals surface area contributed by atoms with E-state index in [1.807, 2.05) is 44.2 Å². The van der Waals surface area contributed by atoms with E-state index in [9.17, 15) is 25.9 Å². The van der Waals surface area contributed by atoms with Crippen LogP contribution in [0.25, 0.3) is 0 Å². The minimum atomic E-state index is -2.03. The van der Waals surface area contributed by atoms with E-state index in [0.29, 0.717) is 11.1 Å². The van der Waals surface area contributed by atoms with Gasteiger partial charge in [-0.2, -0.15) is 15.8 Å². The molecular formula is C23H19N5O2. The second kappa shape index (κ2) is 7.70. The molecule has 30 heavy (non-hydrogen) atoms. The number of nitriles is 3. The van der Waals surface area contributed by atoms with Crippen LogP contribution in [0.3, 0.4) is 0 Å². The molecule has 3 rings (SSSR count). The van der Waals surface area contributed by atoms with Gasteiger partial charge in [-0.05, 0) is 25.0 Å². The first-order valence-electron chi connectivity index (χ1n) is 9.30. The molecule has 148 valence electrons. The molecule has 0 radical (unpaired) electrons. The van der Waals surface area contributed by atoms with Crippen LogP contribution in [-0.2, 0) is 0 Å². The molecule has 1 aliphatic carbocycles. The van der Waals surface area contributed by atoms with Gasteiger partial charge in [0.1, 0.15) is 0 Å². The highest BCUT2D eigenvalue weighted by Crippen LogP contribution is 2.54. The van der Waals surface area contributed by atoms with E-state index >= 15 is 0 Å². The Balaban J connectivity index is 2.44. The number of aryl methyl sites for hydroxylation is 2. The summed E-state index contributed by atoms with van der Waals surface area (Å²) < 4.78 is 0. The number of rotatable bonds is 3. The normalized spacial score (nSPS) is 22.4. The predicted molar refractivity (Wildman–Crippen MR) is 109 cm³/mol. The standard InChI is InChI=1S/C23H19N5O2/c1-14-5-3-7-16(9-14)19-18(11-24)22(27)23(12-25,13-26)20(21(19)28(29)30)17-8-4-6-15(2)10-17/h3-10,19-21H,27H2,1-2H3/t19-,20+,21-/m0/s1. The molecule has 2 aromatic carbocycles. The van der Waals surface area contributed by atoms with E-state index in [4.69, 9.17) is 5.73 Å². The number of nitro groups is 1. The van der Waals surface area contributed by atoms with Crippen molar-refractivity contribution in [2.24, 2.45) is 11.1 Å². The summed E-state index contributed by atoms with van der Waals surface area (Å²) in [6, 6.07) is 18.4. The number of hydrogen-bond acceptors (Lipinski definition) is 6. The van der Waals surface area contributed by atoms with Crippen LogP contribution in [0.2, 0.25) is 0 Å². The molecule has 0 unspecified atom stereocenters. The Labute approximate surface area is 174 Å². The van der Waals surface area contributed by atoms with Gasteiger partial charge in [0.15, 0.2) is 5.41 Å². The first-order chi connectivity index (χ1) is 14.3. The van der Waals surface area contributed by atoms with Gasteiger partial charge in [0, 0.05) is 4.92 Å². The number of nitrogens with two attached hydrogens (primary N) is 1. The number of nitrogens with zero attached hydrogens (tertiary/aromatic N) is 4. The molecule has 0 heterocycles. The summed E-state index contributed by atoms with van der Waals surface area (Å²) in [5, 5.41) is 42.3. The van der Waals surface area contributed by atoms with Crippen LogP contribution in [0.1, 0.15) is 34.1 Å². The quantitative estimate of drug-likeness (QED) is 0.619. The van der Waals surface area contributed by atoms with Gasteiger partial charge in [0.05, 0.1) is 41.3 Å². The largest absolute Gasteiger partial charge is 0.399 e. The average Bonchev–Trinajstić information content (AvgIpc) is 2.72. The maximum atomic E-state index is 12.4. The van der Waals surface area contributed by atoms with Crippen molar-refractivity contribution in [2.45, 2.75) is 31.7 Å². The molecule has 0 bridgehead atoms. The summed E-state index contributed by atoms with van der Waals surface area (Å²) in [6.07, 6.45) is 0. The summed E-state index contributed by atoms with van der Waals surface area (Å²) in [5.41, 5.74) is 6.65. The van der Waals surface area contributed by atoms with Gasteiger partial charge in [0.25, 0.3) is 0 Å². The zero-order valence-electron chi connectivity index (χ0n) is 16.5. The van der Waals surface area contributed by atoms with Crippen molar-refractivity contribution in [3.63, 3.8) is 0 Å². The maximum Gasteiger partial charge on any atom is 0.234 e. The van der Waals surface area contributed by atoms with Crippen molar-refractivity contribution in [1.29, 1.82) is 15.8 Å². The fourth-order valence-electron chi connectivity index (χ4n) is 4.36.